The summed E-state index contributed by atoms with van der Waals surface area (Å²) in [4.78, 5) is 8.30. The lowest BCUT2D eigenvalue weighted by Gasteiger charge is -2.12. The molecule has 0 saturated heterocycles. The molecule has 5 nitrogen and oxygen atoms in total. The summed E-state index contributed by atoms with van der Waals surface area (Å²) in [5, 5.41) is 3.18. The zero-order valence-corrected chi connectivity index (χ0v) is 13.1. The van der Waals surface area contributed by atoms with Gasteiger partial charge in [0.05, 0.1) is 0 Å². The van der Waals surface area contributed by atoms with E-state index in [0.717, 1.165) is 11.3 Å². The lowest BCUT2D eigenvalue weighted by molar-refractivity contribution is 0.464. The van der Waals surface area contributed by atoms with E-state index in [0.29, 0.717) is 23.1 Å². The lowest BCUT2D eigenvalue weighted by Crippen LogP contribution is -2.03. The molecule has 0 spiro atoms. The Morgan fingerprint density at radius 3 is 2.13 bits per heavy atom. The summed E-state index contributed by atoms with van der Waals surface area (Å²) >= 11 is 0. The first-order valence-corrected chi connectivity index (χ1v) is 7.30. The SMILES string of the molecule is Cc1ccc(Nc2ncnc(Oc3ccc(C)cc3)c2N)cc1. The molecule has 23 heavy (non-hydrogen) atoms. The normalized spacial score (nSPS) is 10.3. The third-order valence-electron chi connectivity index (χ3n) is 3.40. The molecule has 0 bridgehead atoms. The van der Waals surface area contributed by atoms with Crippen LogP contribution in [0.5, 0.6) is 11.6 Å². The van der Waals surface area contributed by atoms with Crippen LogP contribution in [0, 0.1) is 13.8 Å². The van der Waals surface area contributed by atoms with Crippen LogP contribution in [-0.2, 0) is 0 Å². The number of aryl methyl sites for hydroxylation is 2. The van der Waals surface area contributed by atoms with Crippen LogP contribution in [0.2, 0.25) is 0 Å². The van der Waals surface area contributed by atoms with Crippen LogP contribution in [0.1, 0.15) is 11.1 Å². The first-order valence-electron chi connectivity index (χ1n) is 7.30. The average molecular weight is 306 g/mol. The van der Waals surface area contributed by atoms with E-state index in [1.54, 1.807) is 0 Å². The minimum absolute atomic E-state index is 0.332. The molecule has 0 aliphatic heterocycles. The Morgan fingerprint density at radius 1 is 0.870 bits per heavy atom. The van der Waals surface area contributed by atoms with Crippen molar-refractivity contribution in [1.29, 1.82) is 0 Å². The summed E-state index contributed by atoms with van der Waals surface area (Å²) in [6.07, 6.45) is 1.43. The number of nitrogens with two attached hydrogens (primary N) is 1. The second-order valence-corrected chi connectivity index (χ2v) is 5.35. The minimum Gasteiger partial charge on any atom is -0.437 e. The lowest BCUT2D eigenvalue weighted by atomic mass is 10.2. The quantitative estimate of drug-likeness (QED) is 0.755. The van der Waals surface area contributed by atoms with Gasteiger partial charge in [0, 0.05) is 5.69 Å². The third kappa shape index (κ3) is 3.58. The average Bonchev–Trinajstić information content (AvgIpc) is 2.55. The van der Waals surface area contributed by atoms with Crippen molar-refractivity contribution < 1.29 is 4.74 Å². The predicted molar refractivity (Wildman–Crippen MR) is 92.2 cm³/mol. The van der Waals surface area contributed by atoms with E-state index in [-0.39, 0.29) is 0 Å². The van der Waals surface area contributed by atoms with E-state index >= 15 is 0 Å². The summed E-state index contributed by atoms with van der Waals surface area (Å²) in [7, 11) is 0. The van der Waals surface area contributed by atoms with E-state index in [4.69, 9.17) is 10.5 Å². The molecule has 0 fully saturated rings. The molecule has 1 aromatic heterocycles. The zero-order chi connectivity index (χ0) is 16.2. The van der Waals surface area contributed by atoms with Crippen molar-refractivity contribution in [1.82, 2.24) is 9.97 Å². The Labute approximate surface area is 135 Å². The van der Waals surface area contributed by atoms with Crippen molar-refractivity contribution in [2.24, 2.45) is 0 Å². The van der Waals surface area contributed by atoms with Crippen LogP contribution < -0.4 is 15.8 Å². The molecule has 0 aliphatic rings. The molecule has 0 unspecified atom stereocenters. The van der Waals surface area contributed by atoms with Crippen molar-refractivity contribution in [2.75, 3.05) is 11.1 Å². The van der Waals surface area contributed by atoms with E-state index in [1.807, 2.05) is 62.4 Å². The van der Waals surface area contributed by atoms with Crippen LogP contribution in [0.25, 0.3) is 0 Å². The first-order chi connectivity index (χ1) is 11.1. The fraction of sp³-hybridized carbons (Fsp3) is 0.111. The fourth-order valence-electron chi connectivity index (χ4n) is 2.05. The van der Waals surface area contributed by atoms with Gasteiger partial charge in [0.2, 0.25) is 5.88 Å². The molecular formula is C18H18N4O. The molecule has 0 amide bonds. The zero-order valence-electron chi connectivity index (χ0n) is 13.1. The van der Waals surface area contributed by atoms with Crippen LogP contribution in [0.4, 0.5) is 17.2 Å². The van der Waals surface area contributed by atoms with Gasteiger partial charge in [-0.2, -0.15) is 4.98 Å². The van der Waals surface area contributed by atoms with Gasteiger partial charge in [-0.15, -0.1) is 0 Å². The predicted octanol–water partition coefficient (Wildman–Crippen LogP) is 4.21. The number of aromatic nitrogens is 2. The van der Waals surface area contributed by atoms with Crippen LogP contribution >= 0.6 is 0 Å². The Kier molecular flexibility index (Phi) is 4.10. The molecule has 1 heterocycles. The summed E-state index contributed by atoms with van der Waals surface area (Å²) in [6, 6.07) is 15.7. The van der Waals surface area contributed by atoms with Gasteiger partial charge < -0.3 is 15.8 Å². The highest BCUT2D eigenvalue weighted by Gasteiger charge is 2.10. The maximum absolute atomic E-state index is 6.13. The highest BCUT2D eigenvalue weighted by Crippen LogP contribution is 2.30. The standard InChI is InChI=1S/C18H18N4O/c1-12-3-7-14(8-4-12)22-17-16(19)18(21-11-20-17)23-15-9-5-13(2)6-10-15/h3-11H,19H2,1-2H3,(H,20,21,22). The van der Waals surface area contributed by atoms with Crippen molar-refractivity contribution in [3.8, 4) is 11.6 Å². The van der Waals surface area contributed by atoms with Gasteiger partial charge in [-0.05, 0) is 38.1 Å². The Bertz CT molecular complexity index is 733. The van der Waals surface area contributed by atoms with Gasteiger partial charge in [-0.3, -0.25) is 0 Å². The molecular weight excluding hydrogens is 288 g/mol. The maximum Gasteiger partial charge on any atom is 0.248 e. The third-order valence-corrected chi connectivity index (χ3v) is 3.40. The number of rotatable bonds is 4. The maximum atomic E-state index is 6.13. The second-order valence-electron chi connectivity index (χ2n) is 5.35. The minimum atomic E-state index is 0.332. The molecule has 3 aromatic rings. The van der Waals surface area contributed by atoms with Gasteiger partial charge in [0.25, 0.3) is 0 Å². The molecule has 0 radical (unpaired) electrons. The number of ether oxygens (including phenoxy) is 1. The van der Waals surface area contributed by atoms with Crippen molar-refractivity contribution in [3.63, 3.8) is 0 Å². The second kappa shape index (κ2) is 6.36. The molecule has 0 atom stereocenters. The summed E-state index contributed by atoms with van der Waals surface area (Å²) < 4.78 is 5.75. The number of benzene rings is 2. The summed E-state index contributed by atoms with van der Waals surface area (Å²) in [5.41, 5.74) is 9.75. The Hall–Kier alpha value is -3.08. The molecule has 3 N–H and O–H groups in total. The molecule has 2 aromatic carbocycles. The Balaban J connectivity index is 1.83. The Morgan fingerprint density at radius 2 is 1.48 bits per heavy atom. The summed E-state index contributed by atoms with van der Waals surface area (Å²) in [6.45, 7) is 4.06. The van der Waals surface area contributed by atoms with Gasteiger partial charge >= 0.3 is 0 Å². The topological polar surface area (TPSA) is 73.1 Å². The first kappa shape index (κ1) is 14.8. The smallest absolute Gasteiger partial charge is 0.248 e. The number of nitrogen functional groups attached to an aromatic ring is 1. The van der Waals surface area contributed by atoms with Crippen LogP contribution in [-0.4, -0.2) is 9.97 Å². The number of hydrogen-bond donors (Lipinski definition) is 2. The molecule has 0 aliphatic carbocycles. The van der Waals surface area contributed by atoms with Crippen molar-refractivity contribution >= 4 is 17.2 Å². The van der Waals surface area contributed by atoms with Crippen LogP contribution in [0.15, 0.2) is 54.9 Å². The highest BCUT2D eigenvalue weighted by molar-refractivity contribution is 5.72. The molecule has 116 valence electrons. The fourth-order valence-corrected chi connectivity index (χ4v) is 2.05. The number of nitrogens with zero attached hydrogens (tertiary/aromatic N) is 2. The van der Waals surface area contributed by atoms with E-state index in [1.165, 1.54) is 11.9 Å². The summed E-state index contributed by atoms with van der Waals surface area (Å²) in [5.74, 6) is 1.53. The highest BCUT2D eigenvalue weighted by atomic mass is 16.5. The van der Waals surface area contributed by atoms with E-state index < -0.39 is 0 Å². The van der Waals surface area contributed by atoms with Crippen molar-refractivity contribution in [2.45, 2.75) is 13.8 Å². The largest absolute Gasteiger partial charge is 0.437 e. The van der Waals surface area contributed by atoms with Crippen molar-refractivity contribution in [3.05, 3.63) is 66.0 Å². The monoisotopic (exact) mass is 306 g/mol. The van der Waals surface area contributed by atoms with Gasteiger partial charge in [0.1, 0.15) is 17.8 Å². The van der Waals surface area contributed by atoms with Gasteiger partial charge in [-0.1, -0.05) is 35.4 Å². The number of nitrogens with one attached hydrogen (secondary N) is 1. The van der Waals surface area contributed by atoms with Gasteiger partial charge in [-0.25, -0.2) is 4.98 Å². The number of anilines is 3. The van der Waals surface area contributed by atoms with E-state index in [2.05, 4.69) is 15.3 Å². The van der Waals surface area contributed by atoms with Gasteiger partial charge in [0.15, 0.2) is 5.82 Å². The molecule has 0 saturated carbocycles. The van der Waals surface area contributed by atoms with Crippen LogP contribution in [0.3, 0.4) is 0 Å². The molecule has 3 rings (SSSR count). The molecule has 5 heteroatoms. The van der Waals surface area contributed by atoms with E-state index in [9.17, 15) is 0 Å². The number of hydrogen-bond acceptors (Lipinski definition) is 5.